The molecule has 7 nitrogen and oxygen atoms in total. The molecule has 0 fully saturated rings. The minimum Gasteiger partial charge on any atom is -0.352 e. The van der Waals surface area contributed by atoms with Gasteiger partial charge in [-0.15, -0.1) is 0 Å². The molecule has 35 heavy (non-hydrogen) atoms. The minimum atomic E-state index is -3.81. The minimum absolute atomic E-state index is 0.0276. The smallest absolute Gasteiger partial charge is 0.242 e. The Bertz CT molecular complexity index is 1160. The van der Waals surface area contributed by atoms with Crippen LogP contribution < -0.4 is 9.62 Å². The normalized spacial score (nSPS) is 12.3. The van der Waals surface area contributed by atoms with E-state index in [0.717, 1.165) is 33.8 Å². The van der Waals surface area contributed by atoms with Crippen LogP contribution in [0.4, 0.5) is 14.5 Å². The number of hydrogen-bond donors (Lipinski definition) is 1. The highest BCUT2D eigenvalue weighted by molar-refractivity contribution is 7.92. The van der Waals surface area contributed by atoms with Crippen molar-refractivity contribution in [3.63, 3.8) is 0 Å². The second kappa shape index (κ2) is 12.1. The fraction of sp³-hybridized carbons (Fsp3) is 0.440. The van der Waals surface area contributed by atoms with E-state index in [2.05, 4.69) is 5.32 Å². The number of hydrogen-bond acceptors (Lipinski definition) is 4. The molecule has 0 aliphatic rings. The standard InChI is InChI=1S/C25H33F2N3O4S/c1-17(2)28-25(32)19(4)29(16-20-9-6-8-18(3)14-20)24(31)10-7-13-30(35(5,33)34)21-11-12-22(26)23(27)15-21/h6,8-9,11-12,14-15,17,19H,7,10,13,16H2,1-5H3,(H,28,32). The van der Waals surface area contributed by atoms with Gasteiger partial charge < -0.3 is 10.2 Å². The average molecular weight is 510 g/mol. The van der Waals surface area contributed by atoms with Gasteiger partial charge in [0.05, 0.1) is 11.9 Å². The third-order valence-electron chi connectivity index (χ3n) is 5.38. The molecule has 2 aromatic rings. The van der Waals surface area contributed by atoms with Crippen molar-refractivity contribution in [2.24, 2.45) is 0 Å². The molecule has 0 heterocycles. The molecule has 2 amide bonds. The van der Waals surface area contributed by atoms with Crippen LogP contribution >= 0.6 is 0 Å². The lowest BCUT2D eigenvalue weighted by atomic mass is 10.1. The first-order valence-corrected chi connectivity index (χ1v) is 13.2. The second-order valence-corrected chi connectivity index (χ2v) is 10.8. The van der Waals surface area contributed by atoms with E-state index in [1.165, 1.54) is 11.0 Å². The van der Waals surface area contributed by atoms with Gasteiger partial charge in [0, 0.05) is 31.6 Å². The Morgan fingerprint density at radius 2 is 1.71 bits per heavy atom. The van der Waals surface area contributed by atoms with Gasteiger partial charge in [-0.1, -0.05) is 29.8 Å². The number of nitrogens with one attached hydrogen (secondary N) is 1. The number of aryl methyl sites for hydroxylation is 1. The molecule has 1 N–H and O–H groups in total. The maximum absolute atomic E-state index is 13.7. The molecule has 0 spiro atoms. The average Bonchev–Trinajstić information content (AvgIpc) is 2.75. The number of sulfonamides is 1. The third-order valence-corrected chi connectivity index (χ3v) is 6.57. The van der Waals surface area contributed by atoms with Crippen LogP contribution in [0.15, 0.2) is 42.5 Å². The highest BCUT2D eigenvalue weighted by Gasteiger charge is 2.27. The van der Waals surface area contributed by atoms with Gasteiger partial charge in [0.2, 0.25) is 21.8 Å². The summed E-state index contributed by atoms with van der Waals surface area (Å²) in [6.45, 7) is 7.34. The maximum Gasteiger partial charge on any atom is 0.242 e. The van der Waals surface area contributed by atoms with Crippen molar-refractivity contribution < 1.29 is 26.8 Å². The van der Waals surface area contributed by atoms with Crippen LogP contribution in [0.2, 0.25) is 0 Å². The lowest BCUT2D eigenvalue weighted by Crippen LogP contribution is -2.49. The molecule has 0 aliphatic heterocycles. The summed E-state index contributed by atoms with van der Waals surface area (Å²) < 4.78 is 52.5. The molecule has 0 radical (unpaired) electrons. The van der Waals surface area contributed by atoms with Gasteiger partial charge in [-0.25, -0.2) is 17.2 Å². The van der Waals surface area contributed by atoms with E-state index in [9.17, 15) is 26.8 Å². The fourth-order valence-corrected chi connectivity index (χ4v) is 4.60. The van der Waals surface area contributed by atoms with E-state index in [1.54, 1.807) is 6.92 Å². The molecule has 2 rings (SSSR count). The summed E-state index contributed by atoms with van der Waals surface area (Å²) in [5.41, 5.74) is 1.85. The van der Waals surface area contributed by atoms with Crippen molar-refractivity contribution in [2.45, 2.75) is 59.2 Å². The van der Waals surface area contributed by atoms with E-state index < -0.39 is 27.7 Å². The zero-order valence-corrected chi connectivity index (χ0v) is 21.5. The summed E-state index contributed by atoms with van der Waals surface area (Å²) >= 11 is 0. The van der Waals surface area contributed by atoms with Crippen molar-refractivity contribution in [1.82, 2.24) is 10.2 Å². The SMILES string of the molecule is Cc1cccc(CN(C(=O)CCCN(c2ccc(F)c(F)c2)S(C)(=O)=O)C(C)C(=O)NC(C)C)c1. The predicted octanol–water partition coefficient (Wildman–Crippen LogP) is 3.76. The van der Waals surface area contributed by atoms with Crippen LogP contribution in [-0.4, -0.2) is 50.0 Å². The zero-order valence-electron chi connectivity index (χ0n) is 20.7. The summed E-state index contributed by atoms with van der Waals surface area (Å²) in [4.78, 5) is 27.3. The van der Waals surface area contributed by atoms with E-state index in [1.807, 2.05) is 45.0 Å². The number of carbonyl (C=O) groups excluding carboxylic acids is 2. The molecule has 0 bridgehead atoms. The van der Waals surface area contributed by atoms with Crippen LogP contribution in [0.25, 0.3) is 0 Å². The molecular weight excluding hydrogens is 476 g/mol. The van der Waals surface area contributed by atoms with Crippen LogP contribution in [0.3, 0.4) is 0 Å². The number of anilines is 1. The first-order chi connectivity index (χ1) is 16.3. The van der Waals surface area contributed by atoms with Gasteiger partial charge in [0.25, 0.3) is 0 Å². The summed E-state index contributed by atoms with van der Waals surface area (Å²) in [6, 6.07) is 9.59. The number of halogens is 2. The highest BCUT2D eigenvalue weighted by atomic mass is 32.2. The van der Waals surface area contributed by atoms with E-state index in [4.69, 9.17) is 0 Å². The molecule has 192 valence electrons. The molecule has 0 saturated heterocycles. The fourth-order valence-electron chi connectivity index (χ4n) is 3.64. The lowest BCUT2D eigenvalue weighted by Gasteiger charge is -2.30. The van der Waals surface area contributed by atoms with Gasteiger partial charge in [0.1, 0.15) is 6.04 Å². The van der Waals surface area contributed by atoms with E-state index in [0.29, 0.717) is 0 Å². The zero-order chi connectivity index (χ0) is 26.3. The Hall–Kier alpha value is -3.01. The largest absolute Gasteiger partial charge is 0.352 e. The van der Waals surface area contributed by atoms with Gasteiger partial charge in [-0.3, -0.25) is 13.9 Å². The molecule has 10 heteroatoms. The number of benzene rings is 2. The second-order valence-electron chi connectivity index (χ2n) is 8.89. The van der Waals surface area contributed by atoms with Crippen molar-refractivity contribution in [3.8, 4) is 0 Å². The topological polar surface area (TPSA) is 86.8 Å². The van der Waals surface area contributed by atoms with Crippen LogP contribution in [0.1, 0.15) is 44.7 Å². The quantitative estimate of drug-likeness (QED) is 0.500. The summed E-state index contributed by atoms with van der Waals surface area (Å²) in [5, 5.41) is 2.81. The Balaban J connectivity index is 2.19. The Morgan fingerprint density at radius 3 is 2.29 bits per heavy atom. The number of amides is 2. The van der Waals surface area contributed by atoms with Crippen molar-refractivity contribution in [3.05, 3.63) is 65.2 Å². The predicted molar refractivity (Wildman–Crippen MR) is 132 cm³/mol. The molecule has 1 unspecified atom stereocenters. The molecule has 2 aromatic carbocycles. The van der Waals surface area contributed by atoms with E-state index in [-0.39, 0.29) is 49.5 Å². The summed E-state index contributed by atoms with van der Waals surface area (Å²) in [7, 11) is -3.81. The lowest BCUT2D eigenvalue weighted by molar-refractivity contribution is -0.140. The summed E-state index contributed by atoms with van der Waals surface area (Å²) in [6.07, 6.45) is 1.03. The van der Waals surface area contributed by atoms with Crippen molar-refractivity contribution >= 4 is 27.5 Å². The monoisotopic (exact) mass is 509 g/mol. The van der Waals surface area contributed by atoms with Crippen molar-refractivity contribution in [1.29, 1.82) is 0 Å². The van der Waals surface area contributed by atoms with Crippen LogP contribution in [0.5, 0.6) is 0 Å². The molecule has 0 saturated carbocycles. The first-order valence-electron chi connectivity index (χ1n) is 11.4. The van der Waals surface area contributed by atoms with Crippen molar-refractivity contribution in [2.75, 3.05) is 17.1 Å². The third kappa shape index (κ3) is 8.31. The summed E-state index contributed by atoms with van der Waals surface area (Å²) in [5.74, 6) is -2.86. The Kier molecular flexibility index (Phi) is 9.76. The first kappa shape index (κ1) is 28.2. The van der Waals surface area contributed by atoms with Crippen LogP contribution in [-0.2, 0) is 26.2 Å². The molecular formula is C25H33F2N3O4S. The van der Waals surface area contributed by atoms with Gasteiger partial charge >= 0.3 is 0 Å². The molecule has 1 atom stereocenters. The van der Waals surface area contributed by atoms with Gasteiger partial charge in [-0.2, -0.15) is 0 Å². The number of carbonyl (C=O) groups is 2. The maximum atomic E-state index is 13.7. The molecule has 0 aromatic heterocycles. The number of nitrogens with zero attached hydrogens (tertiary/aromatic N) is 2. The highest BCUT2D eigenvalue weighted by Crippen LogP contribution is 2.22. The van der Waals surface area contributed by atoms with E-state index >= 15 is 0 Å². The van der Waals surface area contributed by atoms with Gasteiger partial charge in [0.15, 0.2) is 11.6 Å². The van der Waals surface area contributed by atoms with Crippen LogP contribution in [0, 0.1) is 18.6 Å². The van der Waals surface area contributed by atoms with Gasteiger partial charge in [-0.05, 0) is 51.8 Å². The Labute approximate surface area is 206 Å². The Morgan fingerprint density at radius 1 is 1.03 bits per heavy atom. The molecule has 0 aliphatic carbocycles. The number of rotatable bonds is 11.